The summed E-state index contributed by atoms with van der Waals surface area (Å²) in [6, 6.07) is -0.708. The molecule has 63 heavy (non-hydrogen) atoms. The van der Waals surface area contributed by atoms with Crippen LogP contribution >= 0.6 is 0 Å². The fourth-order valence-electron chi connectivity index (χ4n) is 8.26. The largest absolute Gasteiger partial charge is 0.462 e. The predicted molar refractivity (Wildman–Crippen MR) is 273 cm³/mol. The molecule has 0 heterocycles. The lowest BCUT2D eigenvalue weighted by Crippen LogP contribution is -2.46. The van der Waals surface area contributed by atoms with E-state index in [0.717, 1.165) is 89.9 Å². The third kappa shape index (κ3) is 46.2. The number of unbranched alkanes of at least 4 members (excludes halogenated alkanes) is 29. The Balaban J connectivity index is 4.61. The molecule has 0 radical (unpaired) electrons. The van der Waals surface area contributed by atoms with Crippen molar-refractivity contribution in [2.24, 2.45) is 0 Å². The van der Waals surface area contributed by atoms with Crippen molar-refractivity contribution in [1.29, 1.82) is 0 Å². The van der Waals surface area contributed by atoms with Gasteiger partial charge in [-0.1, -0.05) is 230 Å². The third-order valence-electron chi connectivity index (χ3n) is 12.4. The highest BCUT2D eigenvalue weighted by Gasteiger charge is 2.24. The van der Waals surface area contributed by atoms with Crippen molar-refractivity contribution in [1.82, 2.24) is 5.32 Å². The van der Waals surface area contributed by atoms with Crippen LogP contribution in [0, 0.1) is 0 Å². The first-order valence-corrected chi connectivity index (χ1v) is 27.4. The Morgan fingerprint density at radius 1 is 0.476 bits per heavy atom. The highest BCUT2D eigenvalue weighted by atomic mass is 16.5. The van der Waals surface area contributed by atoms with Gasteiger partial charge in [0.1, 0.15) is 6.10 Å². The molecule has 6 nitrogen and oxygen atoms in total. The maximum Gasteiger partial charge on any atom is 0.306 e. The molecule has 368 valence electrons. The van der Waals surface area contributed by atoms with E-state index < -0.39 is 18.2 Å². The summed E-state index contributed by atoms with van der Waals surface area (Å²) < 4.78 is 5.94. The van der Waals surface area contributed by atoms with Gasteiger partial charge in [-0.3, -0.25) is 9.59 Å². The molecular formula is C57H105NO5. The van der Waals surface area contributed by atoms with Crippen molar-refractivity contribution in [2.75, 3.05) is 6.61 Å². The van der Waals surface area contributed by atoms with Crippen LogP contribution < -0.4 is 5.32 Å². The van der Waals surface area contributed by atoms with Gasteiger partial charge in [0, 0.05) is 6.42 Å². The van der Waals surface area contributed by atoms with E-state index in [0.29, 0.717) is 19.3 Å². The molecule has 0 aromatic carbocycles. The van der Waals surface area contributed by atoms with Crippen molar-refractivity contribution >= 4 is 11.9 Å². The molecule has 0 saturated carbocycles. The molecule has 3 atom stereocenters. The number of allylic oxidation sites excluding steroid dienone is 8. The quantitative estimate of drug-likeness (QED) is 0.0321. The summed E-state index contributed by atoms with van der Waals surface area (Å²) in [6.07, 6.45) is 61.7. The second-order valence-corrected chi connectivity index (χ2v) is 18.6. The number of esters is 1. The number of carbonyl (C=O) groups excluding carboxylic acids is 2. The standard InChI is InChI=1S/C57H105NO5/c1-4-7-10-13-16-19-22-25-27-29-31-33-36-39-42-45-48-53(63-57(62)50-47-44-41-38-35-32-30-28-26-23-20-17-14-11-8-5-2)51-56(61)58-54(52-59)55(60)49-46-43-40-37-34-24-21-18-15-12-9-6-3/h8,11,17,20,26,28,31,33,53-55,59-60H,4-7,9-10,12-16,18-19,21-25,27,29-30,32,34-52H2,1-3H3,(H,58,61)/b11-8+,20-17+,28-26+,33-31+. The predicted octanol–water partition coefficient (Wildman–Crippen LogP) is 16.6. The number of ether oxygens (including phenoxy) is 1. The van der Waals surface area contributed by atoms with Gasteiger partial charge < -0.3 is 20.3 Å². The molecule has 0 fully saturated rings. The van der Waals surface area contributed by atoms with Gasteiger partial charge in [-0.2, -0.15) is 0 Å². The van der Waals surface area contributed by atoms with E-state index in [1.165, 1.54) is 141 Å². The molecule has 3 N–H and O–H groups in total. The smallest absolute Gasteiger partial charge is 0.306 e. The zero-order valence-electron chi connectivity index (χ0n) is 42.0. The zero-order chi connectivity index (χ0) is 45.9. The molecular weight excluding hydrogens is 779 g/mol. The van der Waals surface area contributed by atoms with Crippen molar-refractivity contribution < 1.29 is 24.5 Å². The monoisotopic (exact) mass is 884 g/mol. The summed E-state index contributed by atoms with van der Waals surface area (Å²) in [5, 5.41) is 23.8. The fraction of sp³-hybridized carbons (Fsp3) is 0.825. The summed E-state index contributed by atoms with van der Waals surface area (Å²) >= 11 is 0. The number of aliphatic hydroxyl groups is 2. The topological polar surface area (TPSA) is 95.9 Å². The molecule has 0 aromatic rings. The average Bonchev–Trinajstić information content (AvgIpc) is 3.28. The van der Waals surface area contributed by atoms with Crippen LogP contribution in [0.1, 0.15) is 278 Å². The lowest BCUT2D eigenvalue weighted by molar-refractivity contribution is -0.151. The second kappa shape index (κ2) is 50.8. The SMILES string of the molecule is CC/C=C/C/C=C/C/C=C/CCCCCCCCC(=O)OC(CCCCC/C=C/CCCCCCCCCCC)CC(=O)NC(CO)C(O)CCCCCCCCCCCCCC. The Bertz CT molecular complexity index is 1080. The van der Waals surface area contributed by atoms with E-state index in [9.17, 15) is 19.8 Å². The summed E-state index contributed by atoms with van der Waals surface area (Å²) in [6.45, 7) is 6.38. The Kier molecular flexibility index (Phi) is 49.1. The second-order valence-electron chi connectivity index (χ2n) is 18.6. The van der Waals surface area contributed by atoms with Gasteiger partial charge in [-0.15, -0.1) is 0 Å². The maximum atomic E-state index is 13.2. The van der Waals surface area contributed by atoms with Crippen molar-refractivity contribution in [3.8, 4) is 0 Å². The van der Waals surface area contributed by atoms with Crippen LogP contribution in [0.5, 0.6) is 0 Å². The maximum absolute atomic E-state index is 13.2. The molecule has 0 saturated heterocycles. The van der Waals surface area contributed by atoms with E-state index in [1.54, 1.807) is 0 Å². The molecule has 1 amide bonds. The summed E-state index contributed by atoms with van der Waals surface area (Å²) in [4.78, 5) is 26.2. The van der Waals surface area contributed by atoms with Crippen LogP contribution in [0.2, 0.25) is 0 Å². The number of hydrogen-bond donors (Lipinski definition) is 3. The van der Waals surface area contributed by atoms with Gasteiger partial charge in [0.25, 0.3) is 0 Å². The number of rotatable bonds is 49. The number of carbonyl (C=O) groups is 2. The lowest BCUT2D eigenvalue weighted by atomic mass is 10.0. The molecule has 0 aliphatic carbocycles. The molecule has 0 aromatic heterocycles. The minimum atomic E-state index is -0.793. The van der Waals surface area contributed by atoms with Crippen molar-refractivity contribution in [2.45, 2.75) is 296 Å². The van der Waals surface area contributed by atoms with Crippen molar-refractivity contribution in [3.63, 3.8) is 0 Å². The molecule has 0 rings (SSSR count). The van der Waals surface area contributed by atoms with Gasteiger partial charge in [0.15, 0.2) is 0 Å². The summed E-state index contributed by atoms with van der Waals surface area (Å²) in [7, 11) is 0. The minimum absolute atomic E-state index is 0.0627. The Hall–Kier alpha value is -2.18. The van der Waals surface area contributed by atoms with Crippen LogP contribution in [-0.4, -0.2) is 46.9 Å². The van der Waals surface area contributed by atoms with Gasteiger partial charge in [0.2, 0.25) is 5.91 Å². The van der Waals surface area contributed by atoms with E-state index in [4.69, 9.17) is 4.74 Å². The Morgan fingerprint density at radius 3 is 1.33 bits per heavy atom. The highest BCUT2D eigenvalue weighted by Crippen LogP contribution is 2.18. The number of amides is 1. The summed E-state index contributed by atoms with van der Waals surface area (Å²) in [5.41, 5.74) is 0. The van der Waals surface area contributed by atoms with Crippen molar-refractivity contribution in [3.05, 3.63) is 48.6 Å². The molecule has 6 heteroatoms. The highest BCUT2D eigenvalue weighted by molar-refractivity contribution is 5.77. The van der Waals surface area contributed by atoms with E-state index in [1.807, 2.05) is 0 Å². The van der Waals surface area contributed by atoms with Crippen LogP contribution in [0.4, 0.5) is 0 Å². The summed E-state index contributed by atoms with van der Waals surface area (Å²) in [5.74, 6) is -0.496. The first-order chi connectivity index (χ1) is 31.0. The van der Waals surface area contributed by atoms with E-state index in [-0.39, 0.29) is 24.9 Å². The van der Waals surface area contributed by atoms with Crippen LogP contribution in [-0.2, 0) is 14.3 Å². The first kappa shape index (κ1) is 60.8. The number of hydrogen-bond acceptors (Lipinski definition) is 5. The van der Waals surface area contributed by atoms with Gasteiger partial charge in [-0.05, 0) is 83.5 Å². The lowest BCUT2D eigenvalue weighted by Gasteiger charge is -2.24. The Labute approximate surface area is 391 Å². The molecule has 0 aliphatic heterocycles. The Morgan fingerprint density at radius 2 is 0.857 bits per heavy atom. The minimum Gasteiger partial charge on any atom is -0.462 e. The van der Waals surface area contributed by atoms with Gasteiger partial charge in [-0.25, -0.2) is 0 Å². The number of aliphatic hydroxyl groups excluding tert-OH is 2. The van der Waals surface area contributed by atoms with Gasteiger partial charge in [0.05, 0.1) is 25.2 Å². The molecule has 0 bridgehead atoms. The van der Waals surface area contributed by atoms with Crippen LogP contribution in [0.3, 0.4) is 0 Å². The average molecular weight is 884 g/mol. The van der Waals surface area contributed by atoms with Crippen LogP contribution in [0.25, 0.3) is 0 Å². The first-order valence-electron chi connectivity index (χ1n) is 27.4. The van der Waals surface area contributed by atoms with Crippen LogP contribution in [0.15, 0.2) is 48.6 Å². The number of nitrogens with one attached hydrogen (secondary N) is 1. The normalized spacial score (nSPS) is 13.5. The zero-order valence-corrected chi connectivity index (χ0v) is 42.0. The third-order valence-corrected chi connectivity index (χ3v) is 12.4. The molecule has 0 spiro atoms. The molecule has 3 unspecified atom stereocenters. The van der Waals surface area contributed by atoms with E-state index in [2.05, 4.69) is 74.7 Å². The fourth-order valence-corrected chi connectivity index (χ4v) is 8.26. The molecule has 0 aliphatic rings. The van der Waals surface area contributed by atoms with Gasteiger partial charge >= 0.3 is 5.97 Å². The van der Waals surface area contributed by atoms with E-state index >= 15 is 0 Å².